The number of hydrogen-bond donors (Lipinski definition) is 2. The SMILES string of the molecule is Cc1cccc(CS(=O)(=O)c2ncc(Cl)c(C(=O)Nc3ccc(S(=O)(=O)Nc4onc(C)c4C)cc3)n2)c1. The van der Waals surface area contributed by atoms with E-state index in [-0.39, 0.29) is 32.9 Å². The summed E-state index contributed by atoms with van der Waals surface area (Å²) in [6.45, 7) is 5.19. The first-order chi connectivity index (χ1) is 17.9. The smallest absolute Gasteiger partial charge is 0.275 e. The zero-order valence-corrected chi connectivity index (χ0v) is 22.8. The van der Waals surface area contributed by atoms with Crippen LogP contribution in [0, 0.1) is 20.8 Å². The van der Waals surface area contributed by atoms with Gasteiger partial charge < -0.3 is 9.84 Å². The molecule has 2 heterocycles. The van der Waals surface area contributed by atoms with Crippen molar-refractivity contribution in [2.45, 2.75) is 36.6 Å². The van der Waals surface area contributed by atoms with E-state index in [9.17, 15) is 21.6 Å². The third-order valence-corrected chi connectivity index (χ3v) is 8.55. The van der Waals surface area contributed by atoms with Gasteiger partial charge in [-0.15, -0.1) is 0 Å². The molecule has 0 unspecified atom stereocenters. The average Bonchev–Trinajstić information content (AvgIpc) is 3.16. The third kappa shape index (κ3) is 6.01. The van der Waals surface area contributed by atoms with Gasteiger partial charge in [0.05, 0.1) is 27.6 Å². The Labute approximate surface area is 224 Å². The van der Waals surface area contributed by atoms with Crippen LogP contribution in [0.5, 0.6) is 0 Å². The number of hydrogen-bond acceptors (Lipinski definition) is 9. The number of aromatic nitrogens is 3. The van der Waals surface area contributed by atoms with Gasteiger partial charge in [0.2, 0.25) is 20.9 Å². The first-order valence-corrected chi connectivity index (χ1v) is 14.5. The van der Waals surface area contributed by atoms with E-state index in [4.69, 9.17) is 16.1 Å². The number of carbonyl (C=O) groups excluding carboxylic acids is 1. The molecule has 0 aliphatic carbocycles. The second-order valence-corrected chi connectivity index (χ2v) is 12.4. The lowest BCUT2D eigenvalue weighted by molar-refractivity contribution is 0.102. The Morgan fingerprint density at radius 2 is 1.74 bits per heavy atom. The first-order valence-electron chi connectivity index (χ1n) is 11.0. The van der Waals surface area contributed by atoms with Crippen LogP contribution in [-0.2, 0) is 25.6 Å². The second-order valence-electron chi connectivity index (χ2n) is 8.40. The standard InChI is InChI=1S/C24H22ClN5O6S2/c1-14-5-4-6-17(11-14)13-37(32,33)24-26-12-20(25)21(28-24)22(31)27-18-7-9-19(10-8-18)38(34,35)30-23-15(2)16(3)29-36-23/h4-12,30H,13H2,1-3H3,(H,27,31). The molecule has 14 heteroatoms. The van der Waals surface area contributed by atoms with Crippen molar-refractivity contribution < 1.29 is 26.2 Å². The second kappa shape index (κ2) is 10.5. The van der Waals surface area contributed by atoms with E-state index in [1.54, 1.807) is 32.0 Å². The number of rotatable bonds is 8. The summed E-state index contributed by atoms with van der Waals surface area (Å²) in [6.07, 6.45) is 1.04. The number of halogens is 1. The molecule has 1 amide bonds. The summed E-state index contributed by atoms with van der Waals surface area (Å²) < 4.78 is 58.4. The summed E-state index contributed by atoms with van der Waals surface area (Å²) in [5.41, 5.74) is 2.42. The molecule has 0 aliphatic heterocycles. The van der Waals surface area contributed by atoms with Crippen LogP contribution in [-0.4, -0.2) is 37.9 Å². The minimum absolute atomic E-state index is 0.00596. The molecule has 0 radical (unpaired) electrons. The van der Waals surface area contributed by atoms with Gasteiger partial charge in [0.25, 0.3) is 15.9 Å². The number of anilines is 2. The van der Waals surface area contributed by atoms with Crippen molar-refractivity contribution in [2.75, 3.05) is 10.0 Å². The fourth-order valence-corrected chi connectivity index (χ4v) is 5.76. The van der Waals surface area contributed by atoms with Crippen LogP contribution < -0.4 is 10.0 Å². The van der Waals surface area contributed by atoms with Gasteiger partial charge in [0.1, 0.15) is 0 Å². The average molecular weight is 576 g/mol. The van der Waals surface area contributed by atoms with E-state index in [2.05, 4.69) is 25.2 Å². The number of aryl methyl sites for hydroxylation is 2. The van der Waals surface area contributed by atoms with Crippen molar-refractivity contribution in [2.24, 2.45) is 0 Å². The molecule has 0 spiro atoms. The first kappa shape index (κ1) is 27.2. The van der Waals surface area contributed by atoms with Gasteiger partial charge in [-0.2, -0.15) is 0 Å². The molecule has 0 bridgehead atoms. The van der Waals surface area contributed by atoms with E-state index in [0.29, 0.717) is 16.8 Å². The van der Waals surface area contributed by atoms with Gasteiger partial charge >= 0.3 is 0 Å². The summed E-state index contributed by atoms with van der Waals surface area (Å²) >= 11 is 6.08. The highest BCUT2D eigenvalue weighted by atomic mass is 35.5. The van der Waals surface area contributed by atoms with Gasteiger partial charge in [0.15, 0.2) is 5.69 Å². The molecule has 11 nitrogen and oxygen atoms in total. The fourth-order valence-electron chi connectivity index (χ4n) is 3.35. The number of carbonyl (C=O) groups is 1. The molecule has 2 aromatic heterocycles. The van der Waals surface area contributed by atoms with Gasteiger partial charge in [-0.25, -0.2) is 31.5 Å². The van der Waals surface area contributed by atoms with Crippen LogP contribution in [0.15, 0.2) is 69.3 Å². The maximum absolute atomic E-state index is 12.9. The number of nitrogens with one attached hydrogen (secondary N) is 2. The normalized spacial score (nSPS) is 11.8. The lowest BCUT2D eigenvalue weighted by Gasteiger charge is -2.10. The van der Waals surface area contributed by atoms with Crippen molar-refractivity contribution in [1.82, 2.24) is 15.1 Å². The highest BCUT2D eigenvalue weighted by Crippen LogP contribution is 2.24. The summed E-state index contributed by atoms with van der Waals surface area (Å²) in [7, 11) is -7.95. The molecule has 2 N–H and O–H groups in total. The Kier molecular flexibility index (Phi) is 7.54. The molecule has 0 saturated heterocycles. The lowest BCUT2D eigenvalue weighted by atomic mass is 10.2. The number of sulfonamides is 1. The molecular weight excluding hydrogens is 554 g/mol. The Balaban J connectivity index is 1.51. The quantitative estimate of drug-likeness (QED) is 0.295. The topological polar surface area (TPSA) is 161 Å². The summed E-state index contributed by atoms with van der Waals surface area (Å²) in [6, 6.07) is 12.2. The fraction of sp³-hybridized carbons (Fsp3) is 0.167. The zero-order chi connectivity index (χ0) is 27.7. The van der Waals surface area contributed by atoms with Gasteiger partial charge in [-0.3, -0.25) is 4.79 Å². The minimum atomic E-state index is -3.98. The Morgan fingerprint density at radius 3 is 2.37 bits per heavy atom. The highest BCUT2D eigenvalue weighted by molar-refractivity contribution is 7.92. The number of sulfone groups is 1. The molecule has 0 saturated carbocycles. The molecule has 0 fully saturated rings. The van der Waals surface area contributed by atoms with Crippen LogP contribution >= 0.6 is 11.6 Å². The molecule has 0 aliphatic rings. The van der Waals surface area contributed by atoms with E-state index in [1.165, 1.54) is 24.3 Å². The van der Waals surface area contributed by atoms with Crippen molar-refractivity contribution >= 4 is 48.9 Å². The third-order valence-electron chi connectivity index (χ3n) is 5.46. The highest BCUT2D eigenvalue weighted by Gasteiger charge is 2.24. The predicted octanol–water partition coefficient (Wildman–Crippen LogP) is 4.07. The van der Waals surface area contributed by atoms with Crippen molar-refractivity contribution in [3.8, 4) is 0 Å². The van der Waals surface area contributed by atoms with Crippen LogP contribution in [0.1, 0.15) is 32.9 Å². The van der Waals surface area contributed by atoms with Crippen LogP contribution in [0.3, 0.4) is 0 Å². The predicted molar refractivity (Wildman–Crippen MR) is 140 cm³/mol. The molecule has 4 aromatic rings. The summed E-state index contributed by atoms with van der Waals surface area (Å²) in [5, 5.41) is 5.54. The van der Waals surface area contributed by atoms with E-state index < -0.39 is 30.9 Å². The Hall–Kier alpha value is -3.81. The van der Waals surface area contributed by atoms with E-state index >= 15 is 0 Å². The van der Waals surface area contributed by atoms with Crippen LogP contribution in [0.2, 0.25) is 5.02 Å². The Morgan fingerprint density at radius 1 is 1.03 bits per heavy atom. The van der Waals surface area contributed by atoms with Gasteiger partial charge in [-0.1, -0.05) is 46.6 Å². The number of nitrogens with zero attached hydrogens (tertiary/aromatic N) is 3. The van der Waals surface area contributed by atoms with Gasteiger partial charge in [-0.05, 0) is 50.6 Å². The molecular formula is C24H22ClN5O6S2. The summed E-state index contributed by atoms with van der Waals surface area (Å²) in [5.74, 6) is -1.15. The maximum atomic E-state index is 12.9. The van der Waals surface area contributed by atoms with E-state index in [1.807, 2.05) is 13.0 Å². The molecule has 4 rings (SSSR count). The Bertz CT molecular complexity index is 1740. The van der Waals surface area contributed by atoms with Crippen molar-refractivity contribution in [3.05, 3.63) is 87.8 Å². The molecule has 2 aromatic carbocycles. The summed E-state index contributed by atoms with van der Waals surface area (Å²) in [4.78, 5) is 20.5. The molecule has 38 heavy (non-hydrogen) atoms. The van der Waals surface area contributed by atoms with Crippen LogP contribution in [0.25, 0.3) is 0 Å². The van der Waals surface area contributed by atoms with Crippen LogP contribution in [0.4, 0.5) is 11.6 Å². The maximum Gasteiger partial charge on any atom is 0.275 e. The lowest BCUT2D eigenvalue weighted by Crippen LogP contribution is -2.18. The van der Waals surface area contributed by atoms with Crippen molar-refractivity contribution in [3.63, 3.8) is 0 Å². The zero-order valence-electron chi connectivity index (χ0n) is 20.4. The monoisotopic (exact) mass is 575 g/mol. The minimum Gasteiger partial charge on any atom is -0.337 e. The van der Waals surface area contributed by atoms with E-state index in [0.717, 1.165) is 11.8 Å². The molecule has 0 atom stereocenters. The van der Waals surface area contributed by atoms with Crippen molar-refractivity contribution in [1.29, 1.82) is 0 Å². The molecule has 198 valence electrons. The number of amides is 1. The van der Waals surface area contributed by atoms with Gasteiger partial charge in [0, 0.05) is 11.3 Å². The largest absolute Gasteiger partial charge is 0.337 e. The number of benzene rings is 2.